The van der Waals surface area contributed by atoms with Crippen molar-refractivity contribution < 1.29 is 9.90 Å². The molecule has 4 nitrogen and oxygen atoms in total. The monoisotopic (exact) mass is 292 g/mol. The minimum Gasteiger partial charge on any atom is -0.478 e. The highest BCUT2D eigenvalue weighted by molar-refractivity contribution is 5.91. The predicted octanol–water partition coefficient (Wildman–Crippen LogP) is 3.85. The summed E-state index contributed by atoms with van der Waals surface area (Å²) in [6, 6.07) is 16.9. The summed E-state index contributed by atoms with van der Waals surface area (Å²) in [5.41, 5.74) is 4.31. The molecule has 0 fully saturated rings. The lowest BCUT2D eigenvalue weighted by Crippen LogP contribution is -2.02. The molecule has 1 heterocycles. The van der Waals surface area contributed by atoms with E-state index in [0.29, 0.717) is 12.1 Å². The number of carboxylic acids is 1. The van der Waals surface area contributed by atoms with Crippen molar-refractivity contribution in [2.45, 2.75) is 13.5 Å². The maximum absolute atomic E-state index is 10.8. The zero-order valence-corrected chi connectivity index (χ0v) is 12.2. The number of nitrogens with one attached hydrogen (secondary N) is 1. The number of anilines is 1. The van der Waals surface area contributed by atoms with Crippen molar-refractivity contribution in [1.82, 2.24) is 4.98 Å². The van der Waals surface area contributed by atoms with Gasteiger partial charge in [0.15, 0.2) is 0 Å². The number of hydrogen-bond acceptors (Lipinski definition) is 3. The summed E-state index contributed by atoms with van der Waals surface area (Å²) in [6.45, 7) is 2.61. The Morgan fingerprint density at radius 2 is 1.86 bits per heavy atom. The lowest BCUT2D eigenvalue weighted by atomic mass is 10.1. The summed E-state index contributed by atoms with van der Waals surface area (Å²) in [4.78, 5) is 15.4. The Kier molecular flexibility index (Phi) is 3.74. The summed E-state index contributed by atoms with van der Waals surface area (Å²) in [5, 5.41) is 13.4. The standard InChI is InChI=1S/C18H16N2O2/c1-12-5-10-15-16(3-2-4-17(15)20-12)19-11-13-6-8-14(9-7-13)18(21)22/h2-10,19H,11H2,1H3,(H,21,22). The summed E-state index contributed by atoms with van der Waals surface area (Å²) < 4.78 is 0. The lowest BCUT2D eigenvalue weighted by Gasteiger charge is -2.10. The molecule has 0 amide bonds. The third-order valence-corrected chi connectivity index (χ3v) is 3.55. The van der Waals surface area contributed by atoms with Crippen molar-refractivity contribution in [1.29, 1.82) is 0 Å². The average Bonchev–Trinajstić information content (AvgIpc) is 2.52. The molecule has 4 heteroatoms. The number of carboxylic acid groups (broad SMARTS) is 1. The number of aromatic carboxylic acids is 1. The molecular formula is C18H16N2O2. The lowest BCUT2D eigenvalue weighted by molar-refractivity contribution is 0.0697. The molecule has 22 heavy (non-hydrogen) atoms. The molecule has 0 aliphatic rings. The molecule has 0 unspecified atom stereocenters. The molecule has 3 aromatic rings. The number of carbonyl (C=O) groups is 1. The summed E-state index contributed by atoms with van der Waals surface area (Å²) in [7, 11) is 0. The second-order valence-electron chi connectivity index (χ2n) is 5.18. The normalized spacial score (nSPS) is 10.6. The van der Waals surface area contributed by atoms with Crippen LogP contribution < -0.4 is 5.32 Å². The van der Waals surface area contributed by atoms with Gasteiger partial charge in [0.25, 0.3) is 0 Å². The second kappa shape index (κ2) is 5.85. The third kappa shape index (κ3) is 2.91. The molecule has 1 aromatic heterocycles. The van der Waals surface area contributed by atoms with E-state index >= 15 is 0 Å². The van der Waals surface area contributed by atoms with Gasteiger partial charge in [-0.1, -0.05) is 18.2 Å². The van der Waals surface area contributed by atoms with E-state index in [1.54, 1.807) is 12.1 Å². The number of rotatable bonds is 4. The summed E-state index contributed by atoms with van der Waals surface area (Å²) >= 11 is 0. The van der Waals surface area contributed by atoms with E-state index in [0.717, 1.165) is 27.8 Å². The van der Waals surface area contributed by atoms with Gasteiger partial charge in [-0.25, -0.2) is 4.79 Å². The van der Waals surface area contributed by atoms with E-state index in [9.17, 15) is 4.79 Å². The first kappa shape index (κ1) is 14.1. The van der Waals surface area contributed by atoms with Gasteiger partial charge in [0.05, 0.1) is 11.1 Å². The van der Waals surface area contributed by atoms with E-state index in [1.807, 2.05) is 43.3 Å². The Bertz CT molecular complexity index is 826. The van der Waals surface area contributed by atoms with Gasteiger partial charge in [-0.05, 0) is 48.9 Å². The predicted molar refractivity (Wildman–Crippen MR) is 87.2 cm³/mol. The van der Waals surface area contributed by atoms with Gasteiger partial charge < -0.3 is 10.4 Å². The molecule has 2 aromatic carbocycles. The van der Waals surface area contributed by atoms with Crippen LogP contribution in [-0.2, 0) is 6.54 Å². The second-order valence-corrected chi connectivity index (χ2v) is 5.18. The van der Waals surface area contributed by atoms with Crippen LogP contribution in [0.1, 0.15) is 21.6 Å². The van der Waals surface area contributed by atoms with Crippen LogP contribution in [0.2, 0.25) is 0 Å². The third-order valence-electron chi connectivity index (χ3n) is 3.55. The Morgan fingerprint density at radius 3 is 2.59 bits per heavy atom. The fourth-order valence-electron chi connectivity index (χ4n) is 2.37. The molecule has 0 aliphatic carbocycles. The van der Waals surface area contributed by atoms with Gasteiger partial charge in [0, 0.05) is 23.3 Å². The Labute approximate surface area is 128 Å². The van der Waals surface area contributed by atoms with E-state index in [-0.39, 0.29) is 0 Å². The van der Waals surface area contributed by atoms with Gasteiger partial charge in [-0.3, -0.25) is 4.98 Å². The molecule has 0 saturated carbocycles. The van der Waals surface area contributed by atoms with Crippen LogP contribution in [-0.4, -0.2) is 16.1 Å². The highest BCUT2D eigenvalue weighted by atomic mass is 16.4. The number of fused-ring (bicyclic) bond motifs is 1. The van der Waals surface area contributed by atoms with Crippen LogP contribution >= 0.6 is 0 Å². The van der Waals surface area contributed by atoms with E-state index in [2.05, 4.69) is 16.4 Å². The number of pyridine rings is 1. The molecule has 0 bridgehead atoms. The molecule has 0 saturated heterocycles. The molecule has 110 valence electrons. The van der Waals surface area contributed by atoms with E-state index < -0.39 is 5.97 Å². The molecule has 2 N–H and O–H groups in total. The number of aromatic nitrogens is 1. The van der Waals surface area contributed by atoms with Crippen molar-refractivity contribution in [3.63, 3.8) is 0 Å². The molecule has 3 rings (SSSR count). The van der Waals surface area contributed by atoms with Gasteiger partial charge in [-0.15, -0.1) is 0 Å². The first-order chi connectivity index (χ1) is 10.6. The van der Waals surface area contributed by atoms with Crippen LogP contribution in [0.25, 0.3) is 10.9 Å². The fourth-order valence-corrected chi connectivity index (χ4v) is 2.37. The first-order valence-corrected chi connectivity index (χ1v) is 7.06. The zero-order valence-electron chi connectivity index (χ0n) is 12.2. The fraction of sp³-hybridized carbons (Fsp3) is 0.111. The SMILES string of the molecule is Cc1ccc2c(NCc3ccc(C(=O)O)cc3)cccc2n1. The summed E-state index contributed by atoms with van der Waals surface area (Å²) in [5.74, 6) is -0.907. The van der Waals surface area contributed by atoms with E-state index in [4.69, 9.17) is 5.11 Å². The number of aryl methyl sites for hydroxylation is 1. The average molecular weight is 292 g/mol. The number of hydrogen-bond donors (Lipinski definition) is 2. The topological polar surface area (TPSA) is 62.2 Å². The van der Waals surface area contributed by atoms with Crippen molar-refractivity contribution >= 4 is 22.6 Å². The largest absolute Gasteiger partial charge is 0.478 e. The van der Waals surface area contributed by atoms with Crippen molar-refractivity contribution in [2.75, 3.05) is 5.32 Å². The van der Waals surface area contributed by atoms with E-state index in [1.165, 1.54) is 0 Å². The van der Waals surface area contributed by atoms with Gasteiger partial charge in [-0.2, -0.15) is 0 Å². The Hall–Kier alpha value is -2.88. The van der Waals surface area contributed by atoms with Gasteiger partial charge in [0.1, 0.15) is 0 Å². The molecule has 0 radical (unpaired) electrons. The highest BCUT2D eigenvalue weighted by Gasteiger charge is 2.04. The highest BCUT2D eigenvalue weighted by Crippen LogP contribution is 2.22. The quantitative estimate of drug-likeness (QED) is 0.766. The first-order valence-electron chi connectivity index (χ1n) is 7.06. The Balaban J connectivity index is 1.80. The maximum atomic E-state index is 10.8. The summed E-state index contributed by atoms with van der Waals surface area (Å²) in [6.07, 6.45) is 0. The zero-order chi connectivity index (χ0) is 15.5. The van der Waals surface area contributed by atoms with Crippen molar-refractivity contribution in [3.8, 4) is 0 Å². The molecule has 0 aliphatic heterocycles. The van der Waals surface area contributed by atoms with Crippen molar-refractivity contribution in [3.05, 3.63) is 71.4 Å². The smallest absolute Gasteiger partial charge is 0.335 e. The van der Waals surface area contributed by atoms with Crippen LogP contribution in [0.5, 0.6) is 0 Å². The van der Waals surface area contributed by atoms with Crippen LogP contribution in [0.3, 0.4) is 0 Å². The minimum absolute atomic E-state index is 0.300. The maximum Gasteiger partial charge on any atom is 0.335 e. The van der Waals surface area contributed by atoms with Gasteiger partial charge >= 0.3 is 5.97 Å². The van der Waals surface area contributed by atoms with Crippen LogP contribution in [0.4, 0.5) is 5.69 Å². The molecule has 0 atom stereocenters. The Morgan fingerprint density at radius 1 is 1.09 bits per heavy atom. The van der Waals surface area contributed by atoms with Crippen molar-refractivity contribution in [2.24, 2.45) is 0 Å². The number of benzene rings is 2. The molecule has 0 spiro atoms. The van der Waals surface area contributed by atoms with Gasteiger partial charge in [0.2, 0.25) is 0 Å². The number of nitrogens with zero attached hydrogens (tertiary/aromatic N) is 1. The minimum atomic E-state index is -0.907. The van der Waals surface area contributed by atoms with Crippen LogP contribution in [0, 0.1) is 6.92 Å². The van der Waals surface area contributed by atoms with Crippen LogP contribution in [0.15, 0.2) is 54.6 Å². The molecular weight excluding hydrogens is 276 g/mol.